The average Bonchev–Trinajstić information content (AvgIpc) is 3.00. The zero-order chi connectivity index (χ0) is 15.8. The number of hydrogen-bond donors (Lipinski definition) is 1. The van der Waals surface area contributed by atoms with Crippen LogP contribution in [0.2, 0.25) is 0 Å². The summed E-state index contributed by atoms with van der Waals surface area (Å²) in [6, 6.07) is 17.5. The molecule has 0 bridgehead atoms. The van der Waals surface area contributed by atoms with Gasteiger partial charge in [0, 0.05) is 24.1 Å². The van der Waals surface area contributed by atoms with Crippen molar-refractivity contribution in [3.63, 3.8) is 0 Å². The van der Waals surface area contributed by atoms with E-state index in [0.29, 0.717) is 0 Å². The number of nitrogens with one attached hydrogen (secondary N) is 1. The van der Waals surface area contributed by atoms with E-state index in [-0.39, 0.29) is 17.6 Å². The number of nitrogens with zero attached hydrogens (tertiary/aromatic N) is 1. The highest BCUT2D eigenvalue weighted by Crippen LogP contribution is 2.32. The van der Waals surface area contributed by atoms with E-state index in [4.69, 9.17) is 4.74 Å². The molecule has 0 saturated carbocycles. The van der Waals surface area contributed by atoms with Crippen molar-refractivity contribution < 1.29 is 9.13 Å². The Morgan fingerprint density at radius 3 is 2.87 bits per heavy atom. The standard InChI is InChI=1S/C19H17FN2O/c1-23-18-11-13(8-9-15(18)20)19-17-7-4-10-22(17)16-6-3-2-5-14(16)12-21-19/h2-11,19,21H,12H2,1H3. The fourth-order valence-electron chi connectivity index (χ4n) is 3.21. The molecule has 4 rings (SSSR count). The summed E-state index contributed by atoms with van der Waals surface area (Å²) in [6.45, 7) is 0.752. The van der Waals surface area contributed by atoms with E-state index in [0.717, 1.165) is 17.8 Å². The molecule has 23 heavy (non-hydrogen) atoms. The summed E-state index contributed by atoms with van der Waals surface area (Å²) >= 11 is 0. The first-order valence-corrected chi connectivity index (χ1v) is 7.60. The molecular formula is C19H17FN2O. The van der Waals surface area contributed by atoms with E-state index in [1.165, 1.54) is 24.4 Å². The molecule has 3 aromatic rings. The highest BCUT2D eigenvalue weighted by molar-refractivity contribution is 5.47. The Bertz CT molecular complexity index is 856. The van der Waals surface area contributed by atoms with Crippen LogP contribution in [0.5, 0.6) is 5.75 Å². The largest absolute Gasteiger partial charge is 0.494 e. The molecule has 0 radical (unpaired) electrons. The van der Waals surface area contributed by atoms with Gasteiger partial charge in [0.15, 0.2) is 11.6 Å². The Labute approximate surface area is 134 Å². The third-order valence-electron chi connectivity index (χ3n) is 4.33. The first-order valence-electron chi connectivity index (χ1n) is 7.60. The van der Waals surface area contributed by atoms with Crippen LogP contribution in [0.3, 0.4) is 0 Å². The fraction of sp³-hybridized carbons (Fsp3) is 0.158. The average molecular weight is 308 g/mol. The van der Waals surface area contributed by atoms with Crippen LogP contribution in [0.15, 0.2) is 60.8 Å². The van der Waals surface area contributed by atoms with Crippen LogP contribution in [0.1, 0.15) is 22.9 Å². The molecule has 0 spiro atoms. The van der Waals surface area contributed by atoms with E-state index in [1.54, 1.807) is 6.07 Å². The first-order chi connectivity index (χ1) is 11.3. The van der Waals surface area contributed by atoms with Crippen molar-refractivity contribution in [2.45, 2.75) is 12.6 Å². The Kier molecular flexibility index (Phi) is 3.39. The zero-order valence-electron chi connectivity index (χ0n) is 12.8. The maximum absolute atomic E-state index is 13.7. The minimum Gasteiger partial charge on any atom is -0.494 e. The monoisotopic (exact) mass is 308 g/mol. The lowest BCUT2D eigenvalue weighted by molar-refractivity contribution is 0.385. The second-order valence-corrected chi connectivity index (χ2v) is 5.64. The zero-order valence-corrected chi connectivity index (χ0v) is 12.8. The quantitative estimate of drug-likeness (QED) is 0.779. The highest BCUT2D eigenvalue weighted by atomic mass is 19.1. The van der Waals surface area contributed by atoms with Gasteiger partial charge in [-0.2, -0.15) is 0 Å². The van der Waals surface area contributed by atoms with Gasteiger partial charge in [-0.25, -0.2) is 4.39 Å². The van der Waals surface area contributed by atoms with E-state index in [1.807, 2.05) is 24.3 Å². The summed E-state index contributed by atoms with van der Waals surface area (Å²) in [5, 5.41) is 3.57. The summed E-state index contributed by atoms with van der Waals surface area (Å²) in [4.78, 5) is 0. The second kappa shape index (κ2) is 5.56. The molecule has 3 nitrogen and oxygen atoms in total. The smallest absolute Gasteiger partial charge is 0.165 e. The minimum atomic E-state index is -0.344. The molecular weight excluding hydrogens is 291 g/mol. The van der Waals surface area contributed by atoms with E-state index in [2.05, 4.69) is 34.3 Å². The van der Waals surface area contributed by atoms with Gasteiger partial charge in [0.05, 0.1) is 13.2 Å². The van der Waals surface area contributed by atoms with Crippen molar-refractivity contribution >= 4 is 0 Å². The van der Waals surface area contributed by atoms with E-state index >= 15 is 0 Å². The lowest BCUT2D eigenvalue weighted by Crippen LogP contribution is -2.21. The van der Waals surface area contributed by atoms with Crippen LogP contribution in [0.4, 0.5) is 4.39 Å². The van der Waals surface area contributed by atoms with Crippen LogP contribution >= 0.6 is 0 Å². The predicted octanol–water partition coefficient (Wildman–Crippen LogP) is 3.82. The Morgan fingerprint density at radius 2 is 2.00 bits per heavy atom. The van der Waals surface area contributed by atoms with Crippen molar-refractivity contribution in [1.82, 2.24) is 9.88 Å². The van der Waals surface area contributed by atoms with Gasteiger partial charge in [-0.15, -0.1) is 0 Å². The van der Waals surface area contributed by atoms with E-state index in [9.17, 15) is 4.39 Å². The number of halogens is 1. The fourth-order valence-corrected chi connectivity index (χ4v) is 3.21. The molecule has 2 aromatic carbocycles. The summed E-state index contributed by atoms with van der Waals surface area (Å²) in [6.07, 6.45) is 2.06. The molecule has 1 N–H and O–H groups in total. The molecule has 1 atom stereocenters. The van der Waals surface area contributed by atoms with Crippen LogP contribution < -0.4 is 10.1 Å². The highest BCUT2D eigenvalue weighted by Gasteiger charge is 2.23. The third kappa shape index (κ3) is 2.32. The molecule has 0 aliphatic carbocycles. The van der Waals surface area contributed by atoms with E-state index < -0.39 is 0 Å². The topological polar surface area (TPSA) is 26.2 Å². The molecule has 0 saturated heterocycles. The van der Waals surface area contributed by atoms with Gasteiger partial charge in [-0.3, -0.25) is 0 Å². The van der Waals surface area contributed by atoms with Crippen molar-refractivity contribution in [1.29, 1.82) is 0 Å². The van der Waals surface area contributed by atoms with Crippen molar-refractivity contribution in [2.24, 2.45) is 0 Å². The van der Waals surface area contributed by atoms with Gasteiger partial charge in [0.1, 0.15) is 0 Å². The van der Waals surface area contributed by atoms with Gasteiger partial charge in [0.2, 0.25) is 0 Å². The molecule has 1 aromatic heterocycles. The van der Waals surface area contributed by atoms with Gasteiger partial charge in [-0.05, 0) is 41.5 Å². The van der Waals surface area contributed by atoms with Crippen LogP contribution in [-0.2, 0) is 6.54 Å². The summed E-state index contributed by atoms with van der Waals surface area (Å²) in [7, 11) is 1.49. The Morgan fingerprint density at radius 1 is 1.13 bits per heavy atom. The van der Waals surface area contributed by atoms with Crippen molar-refractivity contribution in [2.75, 3.05) is 7.11 Å². The summed E-state index contributed by atoms with van der Waals surface area (Å²) in [5.41, 5.74) is 4.53. The SMILES string of the molecule is COc1cc(C2NCc3ccccc3-n3cccc32)ccc1F. The van der Waals surface area contributed by atoms with Gasteiger partial charge in [-0.1, -0.05) is 24.3 Å². The summed E-state index contributed by atoms with van der Waals surface area (Å²) in [5.74, 6) is -0.0762. The van der Waals surface area contributed by atoms with Gasteiger partial charge >= 0.3 is 0 Å². The van der Waals surface area contributed by atoms with Gasteiger partial charge in [0.25, 0.3) is 0 Å². The molecule has 4 heteroatoms. The Hall–Kier alpha value is -2.59. The number of ether oxygens (including phenoxy) is 1. The maximum Gasteiger partial charge on any atom is 0.165 e. The third-order valence-corrected chi connectivity index (χ3v) is 4.33. The number of hydrogen-bond acceptors (Lipinski definition) is 2. The van der Waals surface area contributed by atoms with Crippen molar-refractivity contribution in [3.05, 3.63) is 83.4 Å². The molecule has 0 amide bonds. The molecule has 1 aliphatic heterocycles. The number of para-hydroxylation sites is 1. The molecule has 2 heterocycles. The number of rotatable bonds is 2. The lowest BCUT2D eigenvalue weighted by atomic mass is 10.0. The van der Waals surface area contributed by atoms with Gasteiger partial charge < -0.3 is 14.6 Å². The first kappa shape index (κ1) is 14.0. The predicted molar refractivity (Wildman–Crippen MR) is 87.4 cm³/mol. The van der Waals surface area contributed by atoms with Crippen molar-refractivity contribution in [3.8, 4) is 11.4 Å². The van der Waals surface area contributed by atoms with Crippen LogP contribution in [0, 0.1) is 5.82 Å². The summed E-state index contributed by atoms with van der Waals surface area (Å²) < 4.78 is 21.0. The second-order valence-electron chi connectivity index (χ2n) is 5.64. The molecule has 1 unspecified atom stereocenters. The maximum atomic E-state index is 13.7. The lowest BCUT2D eigenvalue weighted by Gasteiger charge is -2.19. The molecule has 1 aliphatic rings. The number of methoxy groups -OCH3 is 1. The molecule has 0 fully saturated rings. The number of aromatic nitrogens is 1. The normalized spacial score (nSPS) is 16.3. The van der Waals surface area contributed by atoms with Crippen LogP contribution in [-0.4, -0.2) is 11.7 Å². The number of benzene rings is 2. The minimum absolute atomic E-state index is 0.0214. The number of fused-ring (bicyclic) bond motifs is 3. The Balaban J connectivity index is 1.84. The van der Waals surface area contributed by atoms with Crippen LogP contribution in [0.25, 0.3) is 5.69 Å². The molecule has 116 valence electrons.